The lowest BCUT2D eigenvalue weighted by Crippen LogP contribution is -2.17. The normalized spacial score (nSPS) is 20.4. The minimum absolute atomic E-state index is 0.0461. The van der Waals surface area contributed by atoms with Gasteiger partial charge in [0, 0.05) is 11.0 Å². The second-order valence-electron chi connectivity index (χ2n) is 6.67. The van der Waals surface area contributed by atoms with E-state index in [1.165, 1.54) is 31.2 Å². The predicted octanol–water partition coefficient (Wildman–Crippen LogP) is 5.53. The number of hydrogen-bond acceptors (Lipinski definition) is 1. The van der Waals surface area contributed by atoms with Gasteiger partial charge in [0.2, 0.25) is 0 Å². The molecule has 1 heterocycles. The van der Waals surface area contributed by atoms with Crippen LogP contribution in [-0.2, 0) is 6.54 Å². The molecule has 0 aliphatic heterocycles. The quantitative estimate of drug-likeness (QED) is 0.635. The minimum atomic E-state index is -0.0461. The standard InChI is InChI=1S/C17H20BrClN2/c1-10(19)17-20-15-8-13(18)6-7-16(15)21(17)9-14(11-2-3-11)12-4-5-12/h6-8,10-12,14H,2-5,9H2,1H3. The molecule has 2 aromatic rings. The fourth-order valence-electron chi connectivity index (χ4n) is 3.56. The fraction of sp³-hybridized carbons (Fsp3) is 0.588. The number of nitrogens with zero attached hydrogens (tertiary/aromatic N) is 2. The number of hydrogen-bond donors (Lipinski definition) is 0. The summed E-state index contributed by atoms with van der Waals surface area (Å²) in [6.07, 6.45) is 5.69. The summed E-state index contributed by atoms with van der Waals surface area (Å²) in [5.74, 6) is 3.75. The van der Waals surface area contributed by atoms with Crippen LogP contribution in [0.3, 0.4) is 0 Å². The first kappa shape index (κ1) is 14.1. The number of aromatic nitrogens is 2. The summed E-state index contributed by atoms with van der Waals surface area (Å²) < 4.78 is 3.47. The highest BCUT2D eigenvalue weighted by Crippen LogP contribution is 2.50. The molecule has 1 atom stereocenters. The maximum Gasteiger partial charge on any atom is 0.127 e. The number of benzene rings is 1. The Kier molecular flexibility index (Phi) is 3.54. The highest BCUT2D eigenvalue weighted by atomic mass is 79.9. The van der Waals surface area contributed by atoms with E-state index in [4.69, 9.17) is 16.6 Å². The first-order valence-electron chi connectivity index (χ1n) is 7.93. The Morgan fingerprint density at radius 1 is 1.29 bits per heavy atom. The summed E-state index contributed by atoms with van der Waals surface area (Å²) >= 11 is 9.94. The van der Waals surface area contributed by atoms with Crippen LogP contribution in [0.5, 0.6) is 0 Å². The van der Waals surface area contributed by atoms with Crippen LogP contribution < -0.4 is 0 Å². The van der Waals surface area contributed by atoms with Gasteiger partial charge in [-0.1, -0.05) is 15.9 Å². The molecule has 2 saturated carbocycles. The van der Waals surface area contributed by atoms with Crippen molar-refractivity contribution in [3.05, 3.63) is 28.5 Å². The summed E-state index contributed by atoms with van der Waals surface area (Å²) in [5.41, 5.74) is 2.28. The molecule has 0 radical (unpaired) electrons. The summed E-state index contributed by atoms with van der Waals surface area (Å²) in [7, 11) is 0. The number of rotatable bonds is 5. The molecule has 1 unspecified atom stereocenters. The lowest BCUT2D eigenvalue weighted by atomic mass is 9.97. The van der Waals surface area contributed by atoms with Crippen LogP contribution >= 0.6 is 27.5 Å². The van der Waals surface area contributed by atoms with Crippen molar-refractivity contribution in [2.24, 2.45) is 17.8 Å². The Labute approximate surface area is 139 Å². The summed E-state index contributed by atoms with van der Waals surface area (Å²) in [4.78, 5) is 4.79. The van der Waals surface area contributed by atoms with Gasteiger partial charge in [0.1, 0.15) is 5.82 Å². The molecule has 112 valence electrons. The lowest BCUT2D eigenvalue weighted by molar-refractivity contribution is 0.348. The Morgan fingerprint density at radius 3 is 2.52 bits per heavy atom. The number of imidazole rings is 1. The van der Waals surface area contributed by atoms with Gasteiger partial charge in [0.05, 0.1) is 16.4 Å². The molecule has 2 fully saturated rings. The monoisotopic (exact) mass is 366 g/mol. The van der Waals surface area contributed by atoms with E-state index in [-0.39, 0.29) is 5.38 Å². The van der Waals surface area contributed by atoms with E-state index in [2.05, 4.69) is 38.7 Å². The summed E-state index contributed by atoms with van der Waals surface area (Å²) in [5, 5.41) is -0.0461. The van der Waals surface area contributed by atoms with Gasteiger partial charge in [-0.3, -0.25) is 0 Å². The topological polar surface area (TPSA) is 17.8 Å². The summed E-state index contributed by atoms with van der Waals surface area (Å²) in [6, 6.07) is 6.37. The minimum Gasteiger partial charge on any atom is -0.326 e. The maximum atomic E-state index is 6.40. The van der Waals surface area contributed by atoms with Gasteiger partial charge < -0.3 is 4.57 Å². The molecule has 2 nitrogen and oxygen atoms in total. The van der Waals surface area contributed by atoms with E-state index in [0.29, 0.717) is 0 Å². The van der Waals surface area contributed by atoms with E-state index in [9.17, 15) is 0 Å². The molecule has 4 heteroatoms. The van der Waals surface area contributed by atoms with Gasteiger partial charge >= 0.3 is 0 Å². The molecule has 1 aromatic heterocycles. The van der Waals surface area contributed by atoms with Crippen LogP contribution in [0.25, 0.3) is 11.0 Å². The number of halogens is 2. The Balaban J connectivity index is 1.75. The smallest absolute Gasteiger partial charge is 0.127 e. The van der Waals surface area contributed by atoms with Gasteiger partial charge in [0.15, 0.2) is 0 Å². The average molecular weight is 368 g/mol. The molecule has 21 heavy (non-hydrogen) atoms. The van der Waals surface area contributed by atoms with Crippen LogP contribution in [-0.4, -0.2) is 9.55 Å². The molecule has 0 saturated heterocycles. The van der Waals surface area contributed by atoms with Crippen molar-refractivity contribution in [3.8, 4) is 0 Å². The molecule has 0 amide bonds. The summed E-state index contributed by atoms with van der Waals surface area (Å²) in [6.45, 7) is 3.12. The molecule has 0 bridgehead atoms. The predicted molar refractivity (Wildman–Crippen MR) is 90.6 cm³/mol. The van der Waals surface area contributed by atoms with E-state index in [1.807, 2.05) is 6.92 Å². The molecule has 2 aliphatic rings. The van der Waals surface area contributed by atoms with Crippen LogP contribution in [0, 0.1) is 17.8 Å². The van der Waals surface area contributed by atoms with Crippen molar-refractivity contribution < 1.29 is 0 Å². The second kappa shape index (κ2) is 5.27. The van der Waals surface area contributed by atoms with Gasteiger partial charge in [-0.2, -0.15) is 0 Å². The second-order valence-corrected chi connectivity index (χ2v) is 8.24. The molecule has 0 N–H and O–H groups in total. The van der Waals surface area contributed by atoms with E-state index < -0.39 is 0 Å². The zero-order valence-corrected chi connectivity index (χ0v) is 14.6. The third-order valence-corrected chi connectivity index (χ3v) is 5.63. The highest BCUT2D eigenvalue weighted by molar-refractivity contribution is 9.10. The van der Waals surface area contributed by atoms with Crippen molar-refractivity contribution >= 4 is 38.6 Å². The van der Waals surface area contributed by atoms with Crippen molar-refractivity contribution in [2.45, 2.75) is 44.5 Å². The van der Waals surface area contributed by atoms with Crippen LogP contribution in [0.2, 0.25) is 0 Å². The Bertz CT molecular complexity index is 659. The molecule has 1 aromatic carbocycles. The van der Waals surface area contributed by atoms with Crippen LogP contribution in [0.1, 0.15) is 43.8 Å². The molecular weight excluding hydrogens is 348 g/mol. The lowest BCUT2D eigenvalue weighted by Gasteiger charge is -2.19. The highest BCUT2D eigenvalue weighted by Gasteiger charge is 2.41. The van der Waals surface area contributed by atoms with Crippen molar-refractivity contribution in [2.75, 3.05) is 0 Å². The largest absolute Gasteiger partial charge is 0.326 e. The van der Waals surface area contributed by atoms with E-state index >= 15 is 0 Å². The zero-order chi connectivity index (χ0) is 14.6. The third kappa shape index (κ3) is 2.75. The number of alkyl halides is 1. The first-order chi connectivity index (χ1) is 10.1. The Morgan fingerprint density at radius 2 is 1.95 bits per heavy atom. The molecule has 2 aliphatic carbocycles. The van der Waals surface area contributed by atoms with Gasteiger partial charge in [-0.25, -0.2) is 4.98 Å². The fourth-order valence-corrected chi connectivity index (χ4v) is 4.08. The first-order valence-corrected chi connectivity index (χ1v) is 9.16. The Hall–Kier alpha value is -0.540. The zero-order valence-electron chi connectivity index (χ0n) is 12.2. The van der Waals surface area contributed by atoms with Crippen LogP contribution in [0.4, 0.5) is 0 Å². The maximum absolute atomic E-state index is 6.40. The van der Waals surface area contributed by atoms with Crippen molar-refractivity contribution in [1.29, 1.82) is 0 Å². The van der Waals surface area contributed by atoms with Gasteiger partial charge in [0.25, 0.3) is 0 Å². The number of fused-ring (bicyclic) bond motifs is 1. The van der Waals surface area contributed by atoms with Crippen molar-refractivity contribution in [1.82, 2.24) is 9.55 Å². The van der Waals surface area contributed by atoms with Crippen molar-refractivity contribution in [3.63, 3.8) is 0 Å². The average Bonchev–Trinajstić information content (AvgIpc) is 3.33. The third-order valence-electron chi connectivity index (χ3n) is 4.94. The van der Waals surface area contributed by atoms with Gasteiger partial charge in [-0.15, -0.1) is 11.6 Å². The van der Waals surface area contributed by atoms with Crippen LogP contribution in [0.15, 0.2) is 22.7 Å². The van der Waals surface area contributed by atoms with Gasteiger partial charge in [-0.05, 0) is 68.6 Å². The molecule has 4 rings (SSSR count). The molecule has 0 spiro atoms. The van der Waals surface area contributed by atoms with E-state index in [1.54, 1.807) is 0 Å². The van der Waals surface area contributed by atoms with E-state index in [0.717, 1.165) is 40.1 Å². The SMILES string of the molecule is CC(Cl)c1nc2cc(Br)ccc2n1CC(C1CC1)C1CC1. The molecular formula is C17H20BrClN2.